The number of hydrogen-bond donors (Lipinski definition) is 0. The van der Waals surface area contributed by atoms with Crippen molar-refractivity contribution < 1.29 is 9.53 Å². The maximum absolute atomic E-state index is 12.5. The van der Waals surface area contributed by atoms with E-state index in [0.29, 0.717) is 17.3 Å². The van der Waals surface area contributed by atoms with Crippen molar-refractivity contribution in [2.75, 3.05) is 0 Å². The van der Waals surface area contributed by atoms with Crippen LogP contribution >= 0.6 is 0 Å². The minimum atomic E-state index is 0.0511. The Labute approximate surface area is 230 Å². The SMILES string of the molecule is CCCCCCCC[C@@H]1CC[C@@H]2[C@@H]3CC=C4C[C@@H](OC(=O)CCCCCCC)CC[C@]4(C)[C@@H]3CC[C@]12C. The summed E-state index contributed by atoms with van der Waals surface area (Å²) in [4.78, 5) is 12.5. The zero-order valence-corrected chi connectivity index (χ0v) is 25.1. The first-order valence-electron chi connectivity index (χ1n) is 16.8. The minimum Gasteiger partial charge on any atom is -0.462 e. The molecule has 3 fully saturated rings. The molecule has 4 aliphatic rings. The van der Waals surface area contributed by atoms with Gasteiger partial charge in [0, 0.05) is 12.8 Å². The van der Waals surface area contributed by atoms with Gasteiger partial charge in [0.05, 0.1) is 0 Å². The Kier molecular flexibility index (Phi) is 10.7. The highest BCUT2D eigenvalue weighted by molar-refractivity contribution is 5.69. The molecule has 0 saturated heterocycles. The second kappa shape index (κ2) is 13.5. The van der Waals surface area contributed by atoms with Gasteiger partial charge in [-0.2, -0.15) is 0 Å². The summed E-state index contributed by atoms with van der Waals surface area (Å²) < 4.78 is 6.02. The van der Waals surface area contributed by atoms with Crippen LogP contribution in [-0.4, -0.2) is 12.1 Å². The molecular formula is C35H60O2. The second-order valence-electron chi connectivity index (χ2n) is 14.2. The summed E-state index contributed by atoms with van der Waals surface area (Å²) in [6.45, 7) is 9.84. The van der Waals surface area contributed by atoms with Gasteiger partial charge in [0.1, 0.15) is 6.10 Å². The van der Waals surface area contributed by atoms with Crippen LogP contribution in [0.15, 0.2) is 11.6 Å². The van der Waals surface area contributed by atoms with E-state index in [1.807, 2.05) is 0 Å². The maximum Gasteiger partial charge on any atom is 0.306 e. The summed E-state index contributed by atoms with van der Waals surface area (Å²) in [7, 11) is 0. The first-order valence-corrected chi connectivity index (χ1v) is 16.8. The van der Waals surface area contributed by atoms with Crippen molar-refractivity contribution in [1.82, 2.24) is 0 Å². The summed E-state index contributed by atoms with van der Waals surface area (Å²) >= 11 is 0. The van der Waals surface area contributed by atoms with Crippen LogP contribution in [0.5, 0.6) is 0 Å². The molecule has 0 bridgehead atoms. The first-order chi connectivity index (χ1) is 17.9. The van der Waals surface area contributed by atoms with Crippen LogP contribution in [-0.2, 0) is 9.53 Å². The van der Waals surface area contributed by atoms with E-state index in [1.54, 1.807) is 5.57 Å². The van der Waals surface area contributed by atoms with Crippen LogP contribution in [0.2, 0.25) is 0 Å². The van der Waals surface area contributed by atoms with Crippen molar-refractivity contribution in [1.29, 1.82) is 0 Å². The molecule has 7 atom stereocenters. The molecule has 0 heterocycles. The molecule has 2 nitrogen and oxygen atoms in total. The number of hydrogen-bond acceptors (Lipinski definition) is 2. The maximum atomic E-state index is 12.5. The highest BCUT2D eigenvalue weighted by Gasteiger charge is 2.58. The topological polar surface area (TPSA) is 26.3 Å². The molecule has 212 valence electrons. The van der Waals surface area contributed by atoms with Gasteiger partial charge in [-0.05, 0) is 92.3 Å². The lowest BCUT2D eigenvalue weighted by molar-refractivity contribution is -0.151. The number of unbranched alkanes of at least 4 members (excludes halogenated alkanes) is 9. The quantitative estimate of drug-likeness (QED) is 0.131. The zero-order valence-electron chi connectivity index (χ0n) is 25.1. The smallest absolute Gasteiger partial charge is 0.306 e. The van der Waals surface area contributed by atoms with Gasteiger partial charge in [0.25, 0.3) is 0 Å². The molecule has 4 aliphatic carbocycles. The number of carbonyl (C=O) groups is 1. The van der Waals surface area contributed by atoms with Crippen LogP contribution in [0.1, 0.15) is 163 Å². The van der Waals surface area contributed by atoms with Crippen molar-refractivity contribution in [3.8, 4) is 0 Å². The van der Waals surface area contributed by atoms with Crippen LogP contribution in [0.25, 0.3) is 0 Å². The number of allylic oxidation sites excluding steroid dienone is 1. The third-order valence-electron chi connectivity index (χ3n) is 11.9. The van der Waals surface area contributed by atoms with Gasteiger partial charge >= 0.3 is 5.97 Å². The molecule has 0 aromatic rings. The van der Waals surface area contributed by atoms with Gasteiger partial charge in [-0.25, -0.2) is 0 Å². The molecule has 0 aromatic heterocycles. The lowest BCUT2D eigenvalue weighted by Crippen LogP contribution is -2.50. The van der Waals surface area contributed by atoms with Crippen LogP contribution in [0.4, 0.5) is 0 Å². The molecule has 0 amide bonds. The van der Waals surface area contributed by atoms with Crippen LogP contribution in [0, 0.1) is 34.5 Å². The molecule has 0 radical (unpaired) electrons. The minimum absolute atomic E-state index is 0.0511. The summed E-state index contributed by atoms with van der Waals surface area (Å²) in [5.41, 5.74) is 2.59. The molecule has 37 heavy (non-hydrogen) atoms. The fourth-order valence-corrected chi connectivity index (χ4v) is 9.60. The Bertz CT molecular complexity index is 754. The van der Waals surface area contributed by atoms with Gasteiger partial charge < -0.3 is 4.74 Å². The number of carbonyl (C=O) groups excluding carboxylic acids is 1. The average Bonchev–Trinajstić information content (AvgIpc) is 3.22. The van der Waals surface area contributed by atoms with E-state index >= 15 is 0 Å². The van der Waals surface area contributed by atoms with Crippen LogP contribution < -0.4 is 0 Å². The molecular weight excluding hydrogens is 452 g/mol. The van der Waals surface area contributed by atoms with Gasteiger partial charge in [-0.15, -0.1) is 0 Å². The van der Waals surface area contributed by atoms with E-state index in [9.17, 15) is 4.79 Å². The molecule has 0 aliphatic heterocycles. The van der Waals surface area contributed by atoms with E-state index in [-0.39, 0.29) is 12.1 Å². The fraction of sp³-hybridized carbons (Fsp3) is 0.914. The predicted octanol–water partition coefficient (Wildman–Crippen LogP) is 10.6. The predicted molar refractivity (Wildman–Crippen MR) is 156 cm³/mol. The lowest BCUT2D eigenvalue weighted by Gasteiger charge is -2.58. The average molecular weight is 513 g/mol. The van der Waals surface area contributed by atoms with E-state index in [1.165, 1.54) is 109 Å². The van der Waals surface area contributed by atoms with E-state index in [0.717, 1.165) is 42.9 Å². The van der Waals surface area contributed by atoms with Crippen LogP contribution in [0.3, 0.4) is 0 Å². The Morgan fingerprint density at radius 2 is 1.54 bits per heavy atom. The zero-order chi connectivity index (χ0) is 26.3. The van der Waals surface area contributed by atoms with Crippen molar-refractivity contribution in [3.05, 3.63) is 11.6 Å². The van der Waals surface area contributed by atoms with E-state index in [2.05, 4.69) is 33.8 Å². The molecule has 4 rings (SSSR count). The Balaban J connectivity index is 1.29. The highest BCUT2D eigenvalue weighted by Crippen LogP contribution is 2.66. The number of rotatable bonds is 14. The number of ether oxygens (including phenoxy) is 1. The van der Waals surface area contributed by atoms with E-state index in [4.69, 9.17) is 4.74 Å². The third kappa shape index (κ3) is 6.69. The fourth-order valence-electron chi connectivity index (χ4n) is 9.60. The first kappa shape index (κ1) is 29.2. The normalized spacial score (nSPS) is 36.9. The van der Waals surface area contributed by atoms with Gasteiger partial charge in [0.2, 0.25) is 0 Å². The van der Waals surface area contributed by atoms with Crippen molar-refractivity contribution >= 4 is 5.97 Å². The molecule has 2 heteroatoms. The van der Waals surface area contributed by atoms with Gasteiger partial charge in [-0.1, -0.05) is 104 Å². The summed E-state index contributed by atoms with van der Waals surface area (Å²) in [6.07, 6.45) is 29.8. The molecule has 3 saturated carbocycles. The number of esters is 1. The third-order valence-corrected chi connectivity index (χ3v) is 11.9. The Morgan fingerprint density at radius 1 is 0.838 bits per heavy atom. The van der Waals surface area contributed by atoms with Gasteiger partial charge in [0.15, 0.2) is 0 Å². The van der Waals surface area contributed by atoms with Crippen molar-refractivity contribution in [2.24, 2.45) is 34.5 Å². The second-order valence-corrected chi connectivity index (χ2v) is 14.2. The summed E-state index contributed by atoms with van der Waals surface area (Å²) in [5, 5.41) is 0. The van der Waals surface area contributed by atoms with Crippen molar-refractivity contribution in [2.45, 2.75) is 169 Å². The number of fused-ring (bicyclic) bond motifs is 5. The summed E-state index contributed by atoms with van der Waals surface area (Å²) in [5.74, 6) is 3.71. The van der Waals surface area contributed by atoms with Gasteiger partial charge in [-0.3, -0.25) is 4.79 Å². The largest absolute Gasteiger partial charge is 0.462 e. The monoisotopic (exact) mass is 512 g/mol. The Morgan fingerprint density at radius 3 is 2.30 bits per heavy atom. The molecule has 0 spiro atoms. The summed E-state index contributed by atoms with van der Waals surface area (Å²) in [6, 6.07) is 0. The highest BCUT2D eigenvalue weighted by atomic mass is 16.5. The standard InChI is InChI=1S/C35H60O2/c1-5-7-9-11-13-14-16-27-19-21-31-30-20-18-28-26-29(37-33(36)17-15-12-10-8-6-2)22-24-35(28,4)32(30)23-25-34(27,31)3/h18,27,29-32H,5-17,19-26H2,1-4H3/t27-,29+,30+,31-,32-,34-,35+/m1/s1. The molecule has 0 aromatic carbocycles. The Hall–Kier alpha value is -0.790. The lowest BCUT2D eigenvalue weighted by atomic mass is 9.47. The molecule has 0 unspecified atom stereocenters. The molecule has 0 N–H and O–H groups in total. The van der Waals surface area contributed by atoms with E-state index < -0.39 is 0 Å². The van der Waals surface area contributed by atoms with Crippen molar-refractivity contribution in [3.63, 3.8) is 0 Å².